The number of rotatable bonds is 3. The summed E-state index contributed by atoms with van der Waals surface area (Å²) in [6.07, 6.45) is 5.20. The third-order valence-corrected chi connectivity index (χ3v) is 7.65. The quantitative estimate of drug-likeness (QED) is 0.740. The first kappa shape index (κ1) is 17.5. The Morgan fingerprint density at radius 2 is 1.64 bits per heavy atom. The smallest absolute Gasteiger partial charge is 0.268 e. The number of para-hydroxylation sites is 1. The highest BCUT2D eigenvalue weighted by molar-refractivity contribution is 7.90. The highest BCUT2D eigenvalue weighted by Gasteiger charge is 2.36. The van der Waals surface area contributed by atoms with Crippen LogP contribution in [0.3, 0.4) is 0 Å². The number of hydrogen-bond acceptors (Lipinski definition) is 4. The summed E-state index contributed by atoms with van der Waals surface area (Å²) in [5, 5.41) is 11.6. The van der Waals surface area contributed by atoms with E-state index >= 15 is 0 Å². The first-order chi connectivity index (χ1) is 13.6. The largest absolute Gasteiger partial charge is 0.387 e. The number of aliphatic hydroxyl groups is 1. The van der Waals surface area contributed by atoms with E-state index in [9.17, 15) is 13.5 Å². The minimum atomic E-state index is -3.70. The fourth-order valence-corrected chi connectivity index (χ4v) is 5.83. The molecule has 0 spiro atoms. The standard InChI is InChI=1S/C22H22N2O3S/c25-22-16-10-12-23(13-11-16)21(22)14-17-15-24(20-9-5-4-8-19(17)20)28(26,27)18-6-2-1-3-7-18/h1-9,14-16,22,25H,10-13H2/b21-14-. The maximum Gasteiger partial charge on any atom is 0.268 e. The van der Waals surface area contributed by atoms with Gasteiger partial charge in [0.25, 0.3) is 10.0 Å². The summed E-state index contributed by atoms with van der Waals surface area (Å²) >= 11 is 0. The van der Waals surface area contributed by atoms with Gasteiger partial charge in [0, 0.05) is 35.9 Å². The van der Waals surface area contributed by atoms with Crippen LogP contribution in [0.1, 0.15) is 18.4 Å². The van der Waals surface area contributed by atoms with Crippen LogP contribution in [-0.2, 0) is 10.0 Å². The highest BCUT2D eigenvalue weighted by Crippen LogP contribution is 2.37. The van der Waals surface area contributed by atoms with Gasteiger partial charge in [0.1, 0.15) is 0 Å². The molecule has 0 amide bonds. The van der Waals surface area contributed by atoms with E-state index in [2.05, 4.69) is 4.90 Å². The second-order valence-corrected chi connectivity index (χ2v) is 9.37. The van der Waals surface area contributed by atoms with E-state index in [0.717, 1.165) is 42.6 Å². The van der Waals surface area contributed by atoms with Crippen molar-refractivity contribution >= 4 is 27.0 Å². The van der Waals surface area contributed by atoms with Gasteiger partial charge in [0.05, 0.1) is 16.5 Å². The summed E-state index contributed by atoms with van der Waals surface area (Å²) in [6, 6.07) is 16.0. The van der Waals surface area contributed by atoms with Gasteiger partial charge < -0.3 is 10.0 Å². The molecule has 1 atom stereocenters. The van der Waals surface area contributed by atoms with E-state index < -0.39 is 16.1 Å². The molecule has 3 aromatic rings. The van der Waals surface area contributed by atoms with Crippen molar-refractivity contribution in [2.24, 2.45) is 5.92 Å². The first-order valence-electron chi connectivity index (χ1n) is 9.61. The van der Waals surface area contributed by atoms with E-state index in [0.29, 0.717) is 11.4 Å². The van der Waals surface area contributed by atoms with E-state index in [4.69, 9.17) is 0 Å². The number of aromatic nitrogens is 1. The van der Waals surface area contributed by atoms with Gasteiger partial charge in [0.2, 0.25) is 0 Å². The van der Waals surface area contributed by atoms with E-state index in [1.54, 1.807) is 36.5 Å². The van der Waals surface area contributed by atoms with Crippen LogP contribution in [0.4, 0.5) is 0 Å². The van der Waals surface area contributed by atoms with Crippen LogP contribution in [0.15, 0.2) is 71.4 Å². The van der Waals surface area contributed by atoms with Crippen LogP contribution in [0.25, 0.3) is 17.0 Å². The Morgan fingerprint density at radius 3 is 2.36 bits per heavy atom. The number of aliphatic hydroxyl groups excluding tert-OH is 1. The molecular formula is C22H22N2O3S. The maximum absolute atomic E-state index is 13.2. The monoisotopic (exact) mass is 394 g/mol. The van der Waals surface area contributed by atoms with Crippen molar-refractivity contribution in [2.45, 2.75) is 23.8 Å². The molecule has 144 valence electrons. The summed E-state index contributed by atoms with van der Waals surface area (Å²) < 4.78 is 27.8. The molecule has 3 aliphatic rings. The van der Waals surface area contributed by atoms with Gasteiger partial charge >= 0.3 is 0 Å². The zero-order valence-electron chi connectivity index (χ0n) is 15.4. The van der Waals surface area contributed by atoms with Gasteiger partial charge in [-0.05, 0) is 43.0 Å². The molecule has 1 unspecified atom stereocenters. The fourth-order valence-electron chi connectivity index (χ4n) is 4.43. The van der Waals surface area contributed by atoms with Crippen LogP contribution in [0, 0.1) is 5.92 Å². The van der Waals surface area contributed by atoms with Crippen molar-refractivity contribution in [2.75, 3.05) is 13.1 Å². The summed E-state index contributed by atoms with van der Waals surface area (Å²) in [6.45, 7) is 1.91. The Labute approximate surface area is 164 Å². The molecule has 0 radical (unpaired) electrons. The Balaban J connectivity index is 1.68. The lowest BCUT2D eigenvalue weighted by atomic mass is 9.83. The molecule has 0 saturated carbocycles. The van der Waals surface area contributed by atoms with Crippen molar-refractivity contribution in [3.8, 4) is 0 Å². The van der Waals surface area contributed by atoms with Crippen LogP contribution in [0.2, 0.25) is 0 Å². The molecule has 5 nitrogen and oxygen atoms in total. The van der Waals surface area contributed by atoms with Crippen LogP contribution in [0.5, 0.6) is 0 Å². The predicted octanol–water partition coefficient (Wildman–Crippen LogP) is 3.31. The molecule has 2 aromatic carbocycles. The van der Waals surface area contributed by atoms with Crippen LogP contribution in [-0.4, -0.2) is 41.6 Å². The molecule has 1 aromatic heterocycles. The van der Waals surface area contributed by atoms with E-state index in [1.165, 1.54) is 3.97 Å². The van der Waals surface area contributed by atoms with Crippen molar-refractivity contribution in [3.05, 3.63) is 72.1 Å². The minimum Gasteiger partial charge on any atom is -0.387 e. The number of nitrogens with zero attached hydrogens (tertiary/aromatic N) is 2. The molecule has 3 fully saturated rings. The Kier molecular flexibility index (Phi) is 4.07. The summed E-state index contributed by atoms with van der Waals surface area (Å²) in [4.78, 5) is 2.48. The maximum atomic E-state index is 13.2. The van der Waals surface area contributed by atoms with Gasteiger partial charge in [-0.3, -0.25) is 0 Å². The molecule has 3 saturated heterocycles. The third-order valence-electron chi connectivity index (χ3n) is 5.97. The van der Waals surface area contributed by atoms with Gasteiger partial charge in [-0.1, -0.05) is 36.4 Å². The zero-order valence-corrected chi connectivity index (χ0v) is 16.2. The zero-order chi connectivity index (χ0) is 19.3. The molecule has 28 heavy (non-hydrogen) atoms. The van der Waals surface area contributed by atoms with Gasteiger partial charge in [-0.2, -0.15) is 0 Å². The fraction of sp³-hybridized carbons (Fsp3) is 0.273. The van der Waals surface area contributed by atoms with Gasteiger partial charge in [-0.25, -0.2) is 12.4 Å². The predicted molar refractivity (Wildman–Crippen MR) is 109 cm³/mol. The summed E-state index contributed by atoms with van der Waals surface area (Å²) in [5.74, 6) is 0.303. The molecular weight excluding hydrogens is 372 g/mol. The number of piperidine rings is 3. The summed E-state index contributed by atoms with van der Waals surface area (Å²) in [7, 11) is -3.70. The topological polar surface area (TPSA) is 62.5 Å². The number of hydrogen-bond donors (Lipinski definition) is 1. The Bertz CT molecular complexity index is 1150. The molecule has 6 rings (SSSR count). The molecule has 1 N–H and O–H groups in total. The molecule has 3 aliphatic heterocycles. The normalized spacial score (nSPS) is 23.6. The summed E-state index contributed by atoms with van der Waals surface area (Å²) in [5.41, 5.74) is 2.36. The third kappa shape index (κ3) is 2.67. The first-order valence-corrected chi connectivity index (χ1v) is 11.0. The van der Waals surface area contributed by atoms with E-state index in [1.807, 2.05) is 30.3 Å². The number of fused-ring (bicyclic) bond motifs is 4. The molecule has 2 bridgehead atoms. The van der Waals surface area contributed by atoms with Crippen molar-refractivity contribution in [1.82, 2.24) is 8.87 Å². The van der Waals surface area contributed by atoms with Crippen molar-refractivity contribution in [1.29, 1.82) is 0 Å². The SMILES string of the molecule is O=S(=O)(c1ccccc1)n1cc(/C=C2/C(O)C3CCN2CC3)c2ccccc21. The van der Waals surface area contributed by atoms with Crippen molar-refractivity contribution < 1.29 is 13.5 Å². The average Bonchev–Trinajstić information content (AvgIpc) is 3.11. The van der Waals surface area contributed by atoms with Gasteiger partial charge in [0.15, 0.2) is 0 Å². The molecule has 4 heterocycles. The van der Waals surface area contributed by atoms with E-state index in [-0.39, 0.29) is 4.90 Å². The Hall–Kier alpha value is -2.57. The second-order valence-electron chi connectivity index (χ2n) is 7.55. The lowest BCUT2D eigenvalue weighted by Crippen LogP contribution is -2.48. The van der Waals surface area contributed by atoms with Gasteiger partial charge in [-0.15, -0.1) is 0 Å². The molecule has 6 heteroatoms. The molecule has 0 aliphatic carbocycles. The second kappa shape index (κ2) is 6.50. The highest BCUT2D eigenvalue weighted by atomic mass is 32.2. The number of benzene rings is 2. The average molecular weight is 394 g/mol. The van der Waals surface area contributed by atoms with Crippen LogP contribution < -0.4 is 0 Å². The Morgan fingerprint density at radius 1 is 0.964 bits per heavy atom. The van der Waals surface area contributed by atoms with Crippen LogP contribution >= 0.6 is 0 Å². The lowest BCUT2D eigenvalue weighted by molar-refractivity contribution is 0.0215. The lowest BCUT2D eigenvalue weighted by Gasteiger charge is -2.45. The van der Waals surface area contributed by atoms with Crippen molar-refractivity contribution in [3.63, 3.8) is 0 Å². The minimum absolute atomic E-state index is 0.260.